The number of rotatable bonds is 1. The van der Waals surface area contributed by atoms with E-state index in [1.165, 1.54) is 51.4 Å². The van der Waals surface area contributed by atoms with E-state index in [1.807, 2.05) is 0 Å². The van der Waals surface area contributed by atoms with E-state index in [9.17, 15) is 0 Å². The van der Waals surface area contributed by atoms with Crippen molar-refractivity contribution < 1.29 is 0 Å². The third-order valence-electron chi connectivity index (χ3n) is 5.73. The van der Waals surface area contributed by atoms with Crippen LogP contribution < -0.4 is 5.73 Å². The van der Waals surface area contributed by atoms with Crippen molar-refractivity contribution in [2.45, 2.75) is 63.8 Å². The van der Waals surface area contributed by atoms with Gasteiger partial charge in [-0.25, -0.2) is 0 Å². The summed E-state index contributed by atoms with van der Waals surface area (Å²) in [5.74, 6) is 2.02. The lowest BCUT2D eigenvalue weighted by Crippen LogP contribution is -2.50. The Hall–Kier alpha value is -0.0400. The molecule has 0 bridgehead atoms. The fraction of sp³-hybridized carbons (Fsp3) is 1.00. The van der Waals surface area contributed by atoms with Crippen LogP contribution in [0.1, 0.15) is 58.3 Å². The number of nitrogens with two attached hydrogens (primary N) is 1. The number of hydrogen-bond donors (Lipinski definition) is 1. The van der Waals surface area contributed by atoms with E-state index >= 15 is 0 Å². The zero-order valence-corrected chi connectivity index (χ0v) is 9.39. The molecule has 2 N–H and O–H groups in total. The maximum Gasteiger partial charge on any atom is 0.0214 e. The normalized spacial score (nSPS) is 56.1. The second-order valence-corrected chi connectivity index (χ2v) is 5.97. The Morgan fingerprint density at radius 2 is 1.93 bits per heavy atom. The summed E-state index contributed by atoms with van der Waals surface area (Å²) in [6.45, 7) is 2.31. The third kappa shape index (κ3) is 0.900. The van der Waals surface area contributed by atoms with E-state index in [-0.39, 0.29) is 5.54 Å². The molecule has 2 unspecified atom stereocenters. The molecule has 0 aromatic rings. The van der Waals surface area contributed by atoms with Crippen molar-refractivity contribution in [2.75, 3.05) is 0 Å². The lowest BCUT2D eigenvalue weighted by atomic mass is 9.71. The Balaban J connectivity index is 1.96. The largest absolute Gasteiger partial charge is 0.325 e. The zero-order valence-electron chi connectivity index (χ0n) is 9.39. The van der Waals surface area contributed by atoms with E-state index in [4.69, 9.17) is 5.73 Å². The Labute approximate surface area is 87.4 Å². The SMILES string of the molecule is CCC1(N)CCCC[C@@H]2CC[C@@H]3CC231. The fourth-order valence-corrected chi connectivity index (χ4v) is 4.86. The predicted molar refractivity (Wildman–Crippen MR) is 58.9 cm³/mol. The first-order valence-electron chi connectivity index (χ1n) is 6.52. The first kappa shape index (κ1) is 9.21. The maximum absolute atomic E-state index is 6.72. The van der Waals surface area contributed by atoms with Gasteiger partial charge in [-0.2, -0.15) is 0 Å². The van der Waals surface area contributed by atoms with Crippen molar-refractivity contribution in [3.8, 4) is 0 Å². The van der Waals surface area contributed by atoms with Gasteiger partial charge in [0.1, 0.15) is 0 Å². The van der Waals surface area contributed by atoms with Gasteiger partial charge in [-0.1, -0.05) is 19.8 Å². The monoisotopic (exact) mass is 193 g/mol. The fourth-order valence-electron chi connectivity index (χ4n) is 4.86. The quantitative estimate of drug-likeness (QED) is 0.680. The van der Waals surface area contributed by atoms with Crippen LogP contribution in [0, 0.1) is 17.3 Å². The minimum absolute atomic E-state index is 0.218. The summed E-state index contributed by atoms with van der Waals surface area (Å²) in [7, 11) is 0. The minimum Gasteiger partial charge on any atom is -0.325 e. The maximum atomic E-state index is 6.72. The highest BCUT2D eigenvalue weighted by molar-refractivity contribution is 5.22. The molecule has 3 aliphatic rings. The molecule has 0 amide bonds. The Morgan fingerprint density at radius 3 is 2.64 bits per heavy atom. The molecule has 0 aromatic carbocycles. The first-order valence-corrected chi connectivity index (χ1v) is 6.52. The summed E-state index contributed by atoms with van der Waals surface area (Å²) in [5, 5.41) is 0. The van der Waals surface area contributed by atoms with Crippen molar-refractivity contribution >= 4 is 0 Å². The Kier molecular flexibility index (Phi) is 1.81. The average molecular weight is 193 g/mol. The van der Waals surface area contributed by atoms with E-state index in [0.29, 0.717) is 5.41 Å². The molecular weight excluding hydrogens is 170 g/mol. The summed E-state index contributed by atoms with van der Waals surface area (Å²) >= 11 is 0. The molecule has 4 atom stereocenters. The van der Waals surface area contributed by atoms with Crippen LogP contribution in [0.25, 0.3) is 0 Å². The lowest BCUT2D eigenvalue weighted by Gasteiger charge is -2.39. The van der Waals surface area contributed by atoms with Gasteiger partial charge in [-0.05, 0) is 55.8 Å². The molecule has 14 heavy (non-hydrogen) atoms. The smallest absolute Gasteiger partial charge is 0.0214 e. The van der Waals surface area contributed by atoms with E-state index in [1.54, 1.807) is 0 Å². The van der Waals surface area contributed by atoms with Crippen LogP contribution in [-0.4, -0.2) is 5.54 Å². The van der Waals surface area contributed by atoms with Crippen LogP contribution in [0.2, 0.25) is 0 Å². The van der Waals surface area contributed by atoms with Crippen molar-refractivity contribution in [3.63, 3.8) is 0 Å². The van der Waals surface area contributed by atoms with Gasteiger partial charge in [-0.15, -0.1) is 0 Å². The summed E-state index contributed by atoms with van der Waals surface area (Å²) in [6, 6.07) is 0. The lowest BCUT2D eigenvalue weighted by molar-refractivity contribution is 0.163. The van der Waals surface area contributed by atoms with Crippen LogP contribution in [0.15, 0.2) is 0 Å². The van der Waals surface area contributed by atoms with Gasteiger partial charge in [0.05, 0.1) is 0 Å². The van der Waals surface area contributed by atoms with Crippen molar-refractivity contribution in [1.29, 1.82) is 0 Å². The summed E-state index contributed by atoms with van der Waals surface area (Å²) in [6.07, 6.45) is 11.3. The Morgan fingerprint density at radius 1 is 1.14 bits per heavy atom. The topological polar surface area (TPSA) is 26.0 Å². The van der Waals surface area contributed by atoms with Gasteiger partial charge in [0, 0.05) is 5.54 Å². The summed E-state index contributed by atoms with van der Waals surface area (Å²) in [5.41, 5.74) is 7.56. The van der Waals surface area contributed by atoms with Crippen LogP contribution in [0.5, 0.6) is 0 Å². The van der Waals surface area contributed by atoms with Crippen LogP contribution in [0.4, 0.5) is 0 Å². The Bertz CT molecular complexity index is 250. The molecule has 0 heterocycles. The molecular formula is C13H23N. The molecule has 3 aliphatic carbocycles. The molecule has 0 saturated heterocycles. The molecule has 3 saturated carbocycles. The van der Waals surface area contributed by atoms with Gasteiger partial charge < -0.3 is 5.73 Å². The van der Waals surface area contributed by atoms with E-state index < -0.39 is 0 Å². The van der Waals surface area contributed by atoms with Crippen LogP contribution in [-0.2, 0) is 0 Å². The number of hydrogen-bond acceptors (Lipinski definition) is 1. The van der Waals surface area contributed by atoms with Crippen LogP contribution >= 0.6 is 0 Å². The van der Waals surface area contributed by atoms with E-state index in [2.05, 4.69) is 6.92 Å². The van der Waals surface area contributed by atoms with Gasteiger partial charge in [0.25, 0.3) is 0 Å². The van der Waals surface area contributed by atoms with Crippen molar-refractivity contribution in [1.82, 2.24) is 0 Å². The zero-order chi connectivity index (χ0) is 9.81. The molecule has 0 aliphatic heterocycles. The highest BCUT2D eigenvalue weighted by Gasteiger charge is 2.70. The van der Waals surface area contributed by atoms with Crippen LogP contribution in [0.3, 0.4) is 0 Å². The van der Waals surface area contributed by atoms with Gasteiger partial charge in [-0.3, -0.25) is 0 Å². The van der Waals surface area contributed by atoms with E-state index in [0.717, 1.165) is 11.8 Å². The summed E-state index contributed by atoms with van der Waals surface area (Å²) < 4.78 is 0. The molecule has 0 radical (unpaired) electrons. The molecule has 1 spiro atoms. The van der Waals surface area contributed by atoms with Gasteiger partial charge in [0.2, 0.25) is 0 Å². The third-order valence-corrected chi connectivity index (χ3v) is 5.73. The van der Waals surface area contributed by atoms with Gasteiger partial charge in [0.15, 0.2) is 0 Å². The molecule has 80 valence electrons. The second kappa shape index (κ2) is 2.75. The standard InChI is InChI=1S/C13H23N/c1-2-12(14)8-4-3-5-10-6-7-11-9-13(10,11)12/h10-11H,2-9,14H2,1H3/t10-,11-,12?,13?/m1/s1. The predicted octanol–water partition coefficient (Wildman–Crippen LogP) is 3.08. The average Bonchev–Trinajstić information content (AvgIpc) is 2.88. The van der Waals surface area contributed by atoms with Crippen molar-refractivity contribution in [2.24, 2.45) is 23.0 Å². The first-order chi connectivity index (χ1) is 6.73. The minimum atomic E-state index is 0.218. The van der Waals surface area contributed by atoms with Gasteiger partial charge >= 0.3 is 0 Å². The molecule has 3 fully saturated rings. The molecule has 1 heteroatoms. The molecule has 0 aromatic heterocycles. The molecule has 3 rings (SSSR count). The highest BCUT2D eigenvalue weighted by atomic mass is 14.9. The second-order valence-electron chi connectivity index (χ2n) is 5.97. The summed E-state index contributed by atoms with van der Waals surface area (Å²) in [4.78, 5) is 0. The molecule has 1 nitrogen and oxygen atoms in total. The van der Waals surface area contributed by atoms with Crippen molar-refractivity contribution in [3.05, 3.63) is 0 Å². The highest BCUT2D eigenvalue weighted by Crippen LogP contribution is 2.73.